The molecule has 1 aliphatic heterocycles. The molecule has 19 heavy (non-hydrogen) atoms. The van der Waals surface area contributed by atoms with Crippen LogP contribution >= 0.6 is 0 Å². The molecule has 1 unspecified atom stereocenters. The first kappa shape index (κ1) is 13.8. The van der Waals surface area contributed by atoms with E-state index in [9.17, 15) is 9.90 Å². The van der Waals surface area contributed by atoms with Gasteiger partial charge in [0, 0.05) is 13.1 Å². The zero-order valence-electron chi connectivity index (χ0n) is 10.7. The zero-order chi connectivity index (χ0) is 13.7. The molecule has 6 heteroatoms. The third-order valence-electron chi connectivity index (χ3n) is 3.25. The molecule has 1 atom stereocenters. The largest absolute Gasteiger partial charge is 0.395 e. The van der Waals surface area contributed by atoms with Crippen LogP contribution in [0.3, 0.4) is 0 Å². The van der Waals surface area contributed by atoms with Crippen LogP contribution in [0.5, 0.6) is 0 Å². The van der Waals surface area contributed by atoms with Crippen molar-refractivity contribution in [1.29, 1.82) is 0 Å². The molecule has 104 valence electrons. The first-order valence-electron chi connectivity index (χ1n) is 6.50. The zero-order valence-corrected chi connectivity index (χ0v) is 10.7. The summed E-state index contributed by atoms with van der Waals surface area (Å²) in [5, 5.41) is 20.6. The van der Waals surface area contributed by atoms with E-state index in [2.05, 4.69) is 10.3 Å². The van der Waals surface area contributed by atoms with Gasteiger partial charge in [0.25, 0.3) is 5.91 Å². The van der Waals surface area contributed by atoms with Gasteiger partial charge < -0.3 is 20.4 Å². The average molecular weight is 265 g/mol. The monoisotopic (exact) mass is 265 g/mol. The van der Waals surface area contributed by atoms with Gasteiger partial charge in [0.2, 0.25) is 0 Å². The summed E-state index contributed by atoms with van der Waals surface area (Å²) < 4.78 is 0. The molecule has 1 amide bonds. The number of aromatic nitrogens is 1. The maximum absolute atomic E-state index is 11.8. The number of nitrogens with one attached hydrogen (secondary N) is 1. The summed E-state index contributed by atoms with van der Waals surface area (Å²) in [4.78, 5) is 18.1. The number of rotatable bonds is 5. The maximum atomic E-state index is 11.8. The molecule has 1 fully saturated rings. The van der Waals surface area contributed by atoms with Crippen molar-refractivity contribution < 1.29 is 15.0 Å². The van der Waals surface area contributed by atoms with E-state index < -0.39 is 0 Å². The van der Waals surface area contributed by atoms with E-state index in [-0.39, 0.29) is 31.7 Å². The van der Waals surface area contributed by atoms with Gasteiger partial charge in [0.05, 0.1) is 19.3 Å². The molecule has 0 bridgehead atoms. The molecule has 2 heterocycles. The van der Waals surface area contributed by atoms with E-state index in [1.54, 1.807) is 12.1 Å². The highest BCUT2D eigenvalue weighted by Gasteiger charge is 2.25. The van der Waals surface area contributed by atoms with E-state index in [0.717, 1.165) is 19.4 Å². The van der Waals surface area contributed by atoms with Gasteiger partial charge in [0.1, 0.15) is 11.5 Å². The summed E-state index contributed by atoms with van der Waals surface area (Å²) in [5.74, 6) is 0.420. The Hall–Kier alpha value is -1.66. The lowest BCUT2D eigenvalue weighted by Gasteiger charge is -2.24. The van der Waals surface area contributed by atoms with Crippen LogP contribution in [0.2, 0.25) is 0 Å². The van der Waals surface area contributed by atoms with Crippen molar-refractivity contribution in [2.24, 2.45) is 0 Å². The molecule has 1 saturated heterocycles. The third-order valence-corrected chi connectivity index (χ3v) is 3.25. The van der Waals surface area contributed by atoms with Gasteiger partial charge in [-0.2, -0.15) is 0 Å². The van der Waals surface area contributed by atoms with Gasteiger partial charge in [-0.3, -0.25) is 4.79 Å². The third kappa shape index (κ3) is 3.21. The minimum absolute atomic E-state index is 0.0863. The summed E-state index contributed by atoms with van der Waals surface area (Å²) in [6, 6.07) is 5.35. The van der Waals surface area contributed by atoms with Crippen molar-refractivity contribution in [1.82, 2.24) is 10.3 Å². The molecule has 3 N–H and O–H groups in total. The Balaban J connectivity index is 2.12. The number of aliphatic hydroxyl groups excluding tert-OH is 2. The molecule has 1 aromatic rings. The van der Waals surface area contributed by atoms with Gasteiger partial charge >= 0.3 is 0 Å². The summed E-state index contributed by atoms with van der Waals surface area (Å²) in [6.45, 7) is 1.07. The molecule has 1 aromatic heterocycles. The van der Waals surface area contributed by atoms with Crippen LogP contribution < -0.4 is 10.2 Å². The Morgan fingerprint density at radius 3 is 3.05 bits per heavy atom. The number of carbonyl (C=O) groups excluding carboxylic acids is 1. The second-order valence-electron chi connectivity index (χ2n) is 4.53. The van der Waals surface area contributed by atoms with E-state index in [1.165, 1.54) is 0 Å². The van der Waals surface area contributed by atoms with Gasteiger partial charge in [-0.05, 0) is 25.0 Å². The molecular formula is C13H19N3O3. The van der Waals surface area contributed by atoms with Crippen LogP contribution in [-0.2, 0) is 0 Å². The lowest BCUT2D eigenvalue weighted by molar-refractivity contribution is 0.0940. The molecule has 0 aromatic carbocycles. The van der Waals surface area contributed by atoms with E-state index >= 15 is 0 Å². The Labute approximate surface area is 112 Å². The highest BCUT2D eigenvalue weighted by atomic mass is 16.3. The molecule has 6 nitrogen and oxygen atoms in total. The standard InChI is InChI=1S/C13H19N3O3/c17-8-6-14-13(19)11-4-1-5-12(15-11)16-7-2-3-10(16)9-18/h1,4-5,10,17-18H,2-3,6-9H2,(H,14,19). The lowest BCUT2D eigenvalue weighted by Crippen LogP contribution is -2.33. The van der Waals surface area contributed by atoms with E-state index in [1.807, 2.05) is 11.0 Å². The first-order valence-corrected chi connectivity index (χ1v) is 6.50. The quantitative estimate of drug-likeness (QED) is 0.684. The number of carbonyl (C=O) groups is 1. The van der Waals surface area contributed by atoms with Crippen LogP contribution in [0.25, 0.3) is 0 Å². The first-order chi connectivity index (χ1) is 9.26. The predicted molar refractivity (Wildman–Crippen MR) is 71.1 cm³/mol. The second-order valence-corrected chi connectivity index (χ2v) is 4.53. The predicted octanol–water partition coefficient (Wildman–Crippen LogP) is -0.235. The summed E-state index contributed by atoms with van der Waals surface area (Å²) in [7, 11) is 0. The van der Waals surface area contributed by atoms with E-state index in [4.69, 9.17) is 5.11 Å². The van der Waals surface area contributed by atoms with Crippen molar-refractivity contribution in [3.8, 4) is 0 Å². The van der Waals surface area contributed by atoms with Gasteiger partial charge in [0.15, 0.2) is 0 Å². The number of amides is 1. The molecule has 0 radical (unpaired) electrons. The summed E-state index contributed by atoms with van der Waals surface area (Å²) >= 11 is 0. The van der Waals surface area contributed by atoms with Crippen molar-refractivity contribution in [3.05, 3.63) is 23.9 Å². The smallest absolute Gasteiger partial charge is 0.270 e. The molecule has 1 aliphatic rings. The van der Waals surface area contributed by atoms with Crippen LogP contribution in [0.15, 0.2) is 18.2 Å². The Kier molecular flexibility index (Phi) is 4.70. The van der Waals surface area contributed by atoms with E-state index in [0.29, 0.717) is 11.5 Å². The molecule has 0 aliphatic carbocycles. The summed E-state index contributed by atoms with van der Waals surface area (Å²) in [6.07, 6.45) is 1.97. The Morgan fingerprint density at radius 1 is 1.47 bits per heavy atom. The highest BCUT2D eigenvalue weighted by molar-refractivity contribution is 5.92. The molecule has 2 rings (SSSR count). The normalized spacial score (nSPS) is 18.6. The molecule has 0 saturated carbocycles. The highest BCUT2D eigenvalue weighted by Crippen LogP contribution is 2.23. The van der Waals surface area contributed by atoms with Gasteiger partial charge in [-0.25, -0.2) is 4.98 Å². The fourth-order valence-electron chi connectivity index (χ4n) is 2.30. The Bertz CT molecular complexity index is 439. The average Bonchev–Trinajstić information content (AvgIpc) is 2.93. The minimum Gasteiger partial charge on any atom is -0.395 e. The number of aliphatic hydroxyl groups is 2. The van der Waals surface area contributed by atoms with Crippen molar-refractivity contribution in [2.75, 3.05) is 31.2 Å². The Morgan fingerprint density at radius 2 is 2.32 bits per heavy atom. The fraction of sp³-hybridized carbons (Fsp3) is 0.538. The molecule has 0 spiro atoms. The number of nitrogens with zero attached hydrogens (tertiary/aromatic N) is 2. The number of anilines is 1. The molecular weight excluding hydrogens is 246 g/mol. The SMILES string of the molecule is O=C(NCCO)c1cccc(N2CCCC2CO)n1. The van der Waals surface area contributed by atoms with Crippen molar-refractivity contribution >= 4 is 11.7 Å². The van der Waals surface area contributed by atoms with Gasteiger partial charge in [-0.15, -0.1) is 0 Å². The fourth-order valence-corrected chi connectivity index (χ4v) is 2.30. The van der Waals surface area contributed by atoms with Crippen LogP contribution in [0.1, 0.15) is 23.3 Å². The minimum atomic E-state index is -0.296. The summed E-state index contributed by atoms with van der Waals surface area (Å²) in [5.41, 5.74) is 0.328. The topological polar surface area (TPSA) is 85.7 Å². The van der Waals surface area contributed by atoms with Crippen LogP contribution in [0, 0.1) is 0 Å². The van der Waals surface area contributed by atoms with Gasteiger partial charge in [-0.1, -0.05) is 6.07 Å². The van der Waals surface area contributed by atoms with Crippen molar-refractivity contribution in [2.45, 2.75) is 18.9 Å². The lowest BCUT2D eigenvalue weighted by atomic mass is 10.2. The number of pyridine rings is 1. The number of hydrogen-bond donors (Lipinski definition) is 3. The maximum Gasteiger partial charge on any atom is 0.270 e. The van der Waals surface area contributed by atoms with Crippen LogP contribution in [-0.4, -0.2) is 53.4 Å². The van der Waals surface area contributed by atoms with Crippen LogP contribution in [0.4, 0.5) is 5.82 Å². The van der Waals surface area contributed by atoms with Crippen molar-refractivity contribution in [3.63, 3.8) is 0 Å². The number of hydrogen-bond acceptors (Lipinski definition) is 5. The second kappa shape index (κ2) is 6.49.